The van der Waals surface area contributed by atoms with Gasteiger partial charge in [0, 0.05) is 5.41 Å². The lowest BCUT2D eigenvalue weighted by Gasteiger charge is -2.38. The van der Waals surface area contributed by atoms with Gasteiger partial charge in [-0.15, -0.1) is 0 Å². The van der Waals surface area contributed by atoms with E-state index in [0.29, 0.717) is 12.8 Å². The maximum absolute atomic E-state index is 11.6. The molecule has 0 saturated heterocycles. The fraction of sp³-hybridized carbons (Fsp3) is 0.714. The molecule has 4 nitrogen and oxygen atoms in total. The summed E-state index contributed by atoms with van der Waals surface area (Å²) >= 11 is 0. The van der Waals surface area contributed by atoms with E-state index in [1.54, 1.807) is 0 Å². The molecule has 0 atom stereocenters. The van der Waals surface area contributed by atoms with Crippen LogP contribution >= 0.6 is 0 Å². The van der Waals surface area contributed by atoms with E-state index in [2.05, 4.69) is 6.08 Å². The minimum Gasteiger partial charge on any atom is -0.369 e. The molecule has 2 amide bonds. The maximum Gasteiger partial charge on any atom is 0.230 e. The topological polar surface area (TPSA) is 86.2 Å². The third kappa shape index (κ3) is 3.12. The van der Waals surface area contributed by atoms with Gasteiger partial charge >= 0.3 is 0 Å². The number of rotatable bonds is 8. The number of amides is 2. The predicted molar refractivity (Wildman–Crippen MR) is 73.6 cm³/mol. The Morgan fingerprint density at radius 1 is 1.06 bits per heavy atom. The number of hydrogen-bond acceptors (Lipinski definition) is 2. The van der Waals surface area contributed by atoms with Gasteiger partial charge in [0.2, 0.25) is 11.8 Å². The quantitative estimate of drug-likeness (QED) is 0.513. The Bertz CT molecular complexity index is 317. The van der Waals surface area contributed by atoms with Crippen molar-refractivity contribution in [2.24, 2.45) is 22.8 Å². The molecule has 4 heteroatoms. The summed E-state index contributed by atoms with van der Waals surface area (Å²) in [6.07, 6.45) is 5.12. The summed E-state index contributed by atoms with van der Waals surface area (Å²) < 4.78 is 0. The van der Waals surface area contributed by atoms with Crippen LogP contribution < -0.4 is 11.5 Å². The van der Waals surface area contributed by atoms with Crippen molar-refractivity contribution < 1.29 is 9.59 Å². The Kier molecular flexibility index (Phi) is 6.66. The van der Waals surface area contributed by atoms with Gasteiger partial charge in [0.1, 0.15) is 5.92 Å². The van der Waals surface area contributed by atoms with E-state index >= 15 is 0 Å². The molecule has 4 N–H and O–H groups in total. The minimum atomic E-state index is -0.926. The molecule has 0 spiro atoms. The second-order valence-electron chi connectivity index (χ2n) is 4.59. The van der Waals surface area contributed by atoms with Crippen molar-refractivity contribution in [1.29, 1.82) is 0 Å². The zero-order valence-electron chi connectivity index (χ0n) is 12.0. The van der Waals surface area contributed by atoms with E-state index in [0.717, 1.165) is 18.4 Å². The van der Waals surface area contributed by atoms with Gasteiger partial charge in [-0.05, 0) is 25.7 Å². The highest BCUT2D eigenvalue weighted by molar-refractivity contribution is 6.00. The van der Waals surface area contributed by atoms with Gasteiger partial charge in [0.25, 0.3) is 0 Å². The third-order valence-electron chi connectivity index (χ3n) is 3.85. The molecule has 0 fully saturated rings. The van der Waals surface area contributed by atoms with Crippen molar-refractivity contribution in [2.45, 2.75) is 53.4 Å². The summed E-state index contributed by atoms with van der Waals surface area (Å²) in [6, 6.07) is 0. The highest BCUT2D eigenvalue weighted by Gasteiger charge is 2.44. The Hall–Kier alpha value is -1.32. The van der Waals surface area contributed by atoms with Crippen LogP contribution in [0.2, 0.25) is 0 Å². The lowest BCUT2D eigenvalue weighted by atomic mass is 9.64. The summed E-state index contributed by atoms with van der Waals surface area (Å²) in [5, 5.41) is 0. The molecule has 0 radical (unpaired) electrons. The van der Waals surface area contributed by atoms with Crippen LogP contribution in [0.1, 0.15) is 53.4 Å². The number of primary amides is 2. The molecule has 0 unspecified atom stereocenters. The molecule has 0 rings (SSSR count). The first-order valence-electron chi connectivity index (χ1n) is 6.69. The largest absolute Gasteiger partial charge is 0.369 e. The van der Waals surface area contributed by atoms with E-state index in [4.69, 9.17) is 11.5 Å². The van der Waals surface area contributed by atoms with Crippen molar-refractivity contribution in [1.82, 2.24) is 0 Å². The van der Waals surface area contributed by atoms with E-state index < -0.39 is 23.1 Å². The van der Waals surface area contributed by atoms with Crippen molar-refractivity contribution in [3.63, 3.8) is 0 Å². The number of carbonyl (C=O) groups is 2. The average Bonchev–Trinajstić information content (AvgIpc) is 2.32. The Balaban J connectivity index is 5.82. The standard InChI is InChI=1S/C14H26N2O2/c1-5-9-10(6-2)14(7-3,8-4)11(12(15)17)13(16)18/h9,11H,5-8H2,1-4H3,(H2,15,17)(H2,16,18)/b10-9+. The summed E-state index contributed by atoms with van der Waals surface area (Å²) in [7, 11) is 0. The van der Waals surface area contributed by atoms with Crippen molar-refractivity contribution in [3.05, 3.63) is 11.6 Å². The Morgan fingerprint density at radius 2 is 1.50 bits per heavy atom. The molecule has 0 aliphatic rings. The lowest BCUT2D eigenvalue weighted by molar-refractivity contribution is -0.136. The van der Waals surface area contributed by atoms with Crippen LogP contribution in [0, 0.1) is 11.3 Å². The third-order valence-corrected chi connectivity index (χ3v) is 3.85. The van der Waals surface area contributed by atoms with Crippen LogP contribution in [0.5, 0.6) is 0 Å². The molecule has 0 saturated carbocycles. The van der Waals surface area contributed by atoms with Gasteiger partial charge in [0.05, 0.1) is 0 Å². The fourth-order valence-electron chi connectivity index (χ4n) is 2.93. The van der Waals surface area contributed by atoms with Crippen LogP contribution in [0.25, 0.3) is 0 Å². The number of carbonyl (C=O) groups excluding carboxylic acids is 2. The van der Waals surface area contributed by atoms with Crippen LogP contribution in [-0.2, 0) is 9.59 Å². The van der Waals surface area contributed by atoms with Crippen LogP contribution in [0.15, 0.2) is 11.6 Å². The molecular weight excluding hydrogens is 228 g/mol. The van der Waals surface area contributed by atoms with Crippen molar-refractivity contribution >= 4 is 11.8 Å². The summed E-state index contributed by atoms with van der Waals surface area (Å²) in [5.74, 6) is -2.17. The van der Waals surface area contributed by atoms with Crippen molar-refractivity contribution in [3.8, 4) is 0 Å². The van der Waals surface area contributed by atoms with Gasteiger partial charge in [-0.25, -0.2) is 0 Å². The van der Waals surface area contributed by atoms with Gasteiger partial charge in [-0.1, -0.05) is 39.3 Å². The number of hydrogen-bond donors (Lipinski definition) is 2. The molecule has 18 heavy (non-hydrogen) atoms. The van der Waals surface area contributed by atoms with Crippen LogP contribution in [0.4, 0.5) is 0 Å². The normalized spacial score (nSPS) is 12.8. The lowest BCUT2D eigenvalue weighted by Crippen LogP contribution is -2.47. The number of nitrogens with two attached hydrogens (primary N) is 2. The predicted octanol–water partition coefficient (Wildman–Crippen LogP) is 2.13. The molecule has 0 heterocycles. The van der Waals surface area contributed by atoms with Gasteiger partial charge in [0.15, 0.2) is 0 Å². The van der Waals surface area contributed by atoms with E-state index in [1.807, 2.05) is 27.7 Å². The SMILES string of the molecule is CC/C=C(\CC)C(CC)(CC)C(C(N)=O)C(N)=O. The van der Waals surface area contributed by atoms with Crippen LogP contribution in [-0.4, -0.2) is 11.8 Å². The summed E-state index contributed by atoms with van der Waals surface area (Å²) in [5.41, 5.74) is 11.4. The molecular formula is C14H26N2O2. The minimum absolute atomic E-state index is 0.525. The molecule has 0 aromatic heterocycles. The number of allylic oxidation sites excluding steroid dienone is 2. The summed E-state index contributed by atoms with van der Waals surface area (Å²) in [6.45, 7) is 8.01. The first kappa shape index (κ1) is 16.7. The molecule has 104 valence electrons. The van der Waals surface area contributed by atoms with E-state index in [-0.39, 0.29) is 0 Å². The molecule has 0 aromatic rings. The van der Waals surface area contributed by atoms with Gasteiger partial charge < -0.3 is 11.5 Å². The average molecular weight is 254 g/mol. The second kappa shape index (κ2) is 7.19. The Morgan fingerprint density at radius 3 is 1.72 bits per heavy atom. The maximum atomic E-state index is 11.6. The van der Waals surface area contributed by atoms with E-state index in [1.165, 1.54) is 0 Å². The first-order chi connectivity index (χ1) is 8.41. The van der Waals surface area contributed by atoms with Crippen molar-refractivity contribution in [2.75, 3.05) is 0 Å². The van der Waals surface area contributed by atoms with E-state index in [9.17, 15) is 9.59 Å². The monoisotopic (exact) mass is 254 g/mol. The molecule has 0 aliphatic heterocycles. The zero-order valence-corrected chi connectivity index (χ0v) is 12.0. The molecule has 0 aromatic carbocycles. The van der Waals surface area contributed by atoms with Crippen LogP contribution in [0.3, 0.4) is 0 Å². The highest BCUT2D eigenvalue weighted by atomic mass is 16.2. The summed E-state index contributed by atoms with van der Waals surface area (Å²) in [4.78, 5) is 23.2. The zero-order chi connectivity index (χ0) is 14.3. The smallest absolute Gasteiger partial charge is 0.230 e. The fourth-order valence-corrected chi connectivity index (χ4v) is 2.93. The first-order valence-corrected chi connectivity index (χ1v) is 6.69. The van der Waals surface area contributed by atoms with Gasteiger partial charge in [-0.3, -0.25) is 9.59 Å². The molecule has 0 aliphatic carbocycles. The highest BCUT2D eigenvalue weighted by Crippen LogP contribution is 2.44. The molecule has 0 bridgehead atoms. The second-order valence-corrected chi connectivity index (χ2v) is 4.59. The Labute approximate surface area is 110 Å². The van der Waals surface area contributed by atoms with Gasteiger partial charge in [-0.2, -0.15) is 0 Å².